The van der Waals surface area contributed by atoms with Crippen LogP contribution in [0.1, 0.15) is 65.7 Å². The van der Waals surface area contributed by atoms with Crippen molar-refractivity contribution in [3.63, 3.8) is 0 Å². The molecule has 4 rings (SSSR count). The number of carbonyl (C=O) groups excluding carboxylic acids is 1. The van der Waals surface area contributed by atoms with Crippen molar-refractivity contribution in [2.45, 2.75) is 51.5 Å². The molecule has 7 nitrogen and oxygen atoms in total. The van der Waals surface area contributed by atoms with E-state index in [1.807, 2.05) is 6.07 Å². The lowest BCUT2D eigenvalue weighted by Gasteiger charge is -2.17. The molecule has 1 saturated carbocycles. The van der Waals surface area contributed by atoms with Gasteiger partial charge in [-0.15, -0.1) is 0 Å². The van der Waals surface area contributed by atoms with Crippen LogP contribution in [0.2, 0.25) is 0 Å². The van der Waals surface area contributed by atoms with Crippen LogP contribution in [-0.2, 0) is 6.54 Å². The lowest BCUT2D eigenvalue weighted by molar-refractivity contribution is 0.0782. The van der Waals surface area contributed by atoms with Crippen LogP contribution < -0.4 is 0 Å². The maximum atomic E-state index is 12.7. The van der Waals surface area contributed by atoms with E-state index in [9.17, 15) is 4.79 Å². The van der Waals surface area contributed by atoms with E-state index in [-0.39, 0.29) is 5.91 Å². The smallest absolute Gasteiger partial charge is 0.254 e. The molecule has 0 saturated heterocycles. The number of oxazole rings is 1. The van der Waals surface area contributed by atoms with Gasteiger partial charge in [0.1, 0.15) is 16.9 Å². The van der Waals surface area contributed by atoms with Crippen molar-refractivity contribution in [2.75, 3.05) is 7.05 Å². The van der Waals surface area contributed by atoms with Crippen LogP contribution in [0.15, 0.2) is 27.2 Å². The highest BCUT2D eigenvalue weighted by Crippen LogP contribution is 2.33. The standard InChI is InChI=1S/C19H22N4O3/c1-12-16(22-26-21-12)11-23(2)19(24)14-8-9-15-17(10-14)25-18(20-15)13-6-4-3-5-7-13/h8-10,13H,3-7,11H2,1-2H3. The zero-order valence-electron chi connectivity index (χ0n) is 15.1. The van der Waals surface area contributed by atoms with Gasteiger partial charge in [-0.2, -0.15) is 0 Å². The summed E-state index contributed by atoms with van der Waals surface area (Å²) in [6.45, 7) is 2.15. The highest BCUT2D eigenvalue weighted by atomic mass is 16.6. The van der Waals surface area contributed by atoms with E-state index in [0.29, 0.717) is 35.0 Å². The van der Waals surface area contributed by atoms with E-state index >= 15 is 0 Å². The molecular weight excluding hydrogens is 332 g/mol. The quantitative estimate of drug-likeness (QED) is 0.707. The zero-order chi connectivity index (χ0) is 18.1. The Morgan fingerprint density at radius 3 is 2.77 bits per heavy atom. The first-order valence-electron chi connectivity index (χ1n) is 9.06. The third-order valence-electron chi connectivity index (χ3n) is 5.09. The van der Waals surface area contributed by atoms with E-state index in [2.05, 4.69) is 19.9 Å². The van der Waals surface area contributed by atoms with Crippen molar-refractivity contribution in [1.82, 2.24) is 20.2 Å². The summed E-state index contributed by atoms with van der Waals surface area (Å²) in [4.78, 5) is 18.9. The average Bonchev–Trinajstić information content (AvgIpc) is 3.27. The fourth-order valence-electron chi connectivity index (χ4n) is 3.51. The van der Waals surface area contributed by atoms with Crippen molar-refractivity contribution < 1.29 is 13.8 Å². The number of aromatic nitrogens is 3. The average molecular weight is 354 g/mol. The van der Waals surface area contributed by atoms with Crippen molar-refractivity contribution in [3.05, 3.63) is 41.0 Å². The van der Waals surface area contributed by atoms with Crippen LogP contribution in [0.25, 0.3) is 11.1 Å². The maximum Gasteiger partial charge on any atom is 0.254 e. The first-order chi connectivity index (χ1) is 12.6. The normalized spacial score (nSPS) is 15.5. The second kappa shape index (κ2) is 6.90. The Morgan fingerprint density at radius 1 is 1.23 bits per heavy atom. The summed E-state index contributed by atoms with van der Waals surface area (Å²) in [5, 5.41) is 7.57. The maximum absolute atomic E-state index is 12.7. The van der Waals surface area contributed by atoms with Gasteiger partial charge in [0.15, 0.2) is 11.5 Å². The fourth-order valence-corrected chi connectivity index (χ4v) is 3.51. The number of hydrogen-bond acceptors (Lipinski definition) is 6. The van der Waals surface area contributed by atoms with Crippen LogP contribution in [0.5, 0.6) is 0 Å². The number of rotatable bonds is 4. The Hall–Kier alpha value is -2.70. The summed E-state index contributed by atoms with van der Waals surface area (Å²) >= 11 is 0. The summed E-state index contributed by atoms with van der Waals surface area (Å²) in [6.07, 6.45) is 6.02. The van der Waals surface area contributed by atoms with Gasteiger partial charge in [0, 0.05) is 18.5 Å². The fraction of sp³-hybridized carbons (Fsp3) is 0.474. The molecule has 1 amide bonds. The zero-order valence-corrected chi connectivity index (χ0v) is 15.1. The van der Waals surface area contributed by atoms with Crippen molar-refractivity contribution in [1.29, 1.82) is 0 Å². The summed E-state index contributed by atoms with van der Waals surface area (Å²) < 4.78 is 10.7. The second-order valence-corrected chi connectivity index (χ2v) is 7.03. The van der Waals surface area contributed by atoms with Crippen LogP contribution in [0.4, 0.5) is 0 Å². The van der Waals surface area contributed by atoms with Gasteiger partial charge in [-0.05, 0) is 38.0 Å². The lowest BCUT2D eigenvalue weighted by atomic mass is 9.89. The molecular formula is C19H22N4O3. The molecule has 0 atom stereocenters. The number of hydrogen-bond donors (Lipinski definition) is 0. The monoisotopic (exact) mass is 354 g/mol. The SMILES string of the molecule is Cc1nonc1CN(C)C(=O)c1ccc2nc(C3CCCCC3)oc2c1. The van der Waals surface area contributed by atoms with E-state index in [1.165, 1.54) is 19.3 Å². The van der Waals surface area contributed by atoms with Crippen molar-refractivity contribution in [3.8, 4) is 0 Å². The molecule has 0 aliphatic heterocycles. The third-order valence-corrected chi connectivity index (χ3v) is 5.09. The molecule has 0 N–H and O–H groups in total. The Balaban J connectivity index is 1.54. The van der Waals surface area contributed by atoms with Crippen LogP contribution in [0.3, 0.4) is 0 Å². The van der Waals surface area contributed by atoms with E-state index in [0.717, 1.165) is 24.2 Å². The minimum Gasteiger partial charge on any atom is -0.440 e. The molecule has 3 aromatic rings. The molecule has 0 spiro atoms. The topological polar surface area (TPSA) is 85.3 Å². The Kier molecular flexibility index (Phi) is 4.44. The van der Waals surface area contributed by atoms with Crippen molar-refractivity contribution >= 4 is 17.0 Å². The van der Waals surface area contributed by atoms with E-state index in [4.69, 9.17) is 4.42 Å². The third kappa shape index (κ3) is 3.21. The summed E-state index contributed by atoms with van der Waals surface area (Å²) in [5.74, 6) is 1.10. The van der Waals surface area contributed by atoms with Crippen LogP contribution in [-0.4, -0.2) is 33.2 Å². The molecule has 2 aromatic heterocycles. The molecule has 136 valence electrons. The highest BCUT2D eigenvalue weighted by molar-refractivity contribution is 5.96. The largest absolute Gasteiger partial charge is 0.440 e. The van der Waals surface area contributed by atoms with Gasteiger partial charge < -0.3 is 9.32 Å². The molecule has 1 fully saturated rings. The van der Waals surface area contributed by atoms with Gasteiger partial charge in [0.05, 0.1) is 6.54 Å². The molecule has 7 heteroatoms. The van der Waals surface area contributed by atoms with E-state index < -0.39 is 0 Å². The van der Waals surface area contributed by atoms with Gasteiger partial charge in [0.2, 0.25) is 0 Å². The molecule has 1 aromatic carbocycles. The van der Waals surface area contributed by atoms with Crippen molar-refractivity contribution in [2.24, 2.45) is 0 Å². The van der Waals surface area contributed by atoms with Crippen LogP contribution in [0, 0.1) is 6.92 Å². The first-order valence-corrected chi connectivity index (χ1v) is 9.06. The Morgan fingerprint density at radius 2 is 2.04 bits per heavy atom. The molecule has 1 aliphatic rings. The minimum absolute atomic E-state index is 0.107. The van der Waals surface area contributed by atoms with Gasteiger partial charge in [0.25, 0.3) is 5.91 Å². The van der Waals surface area contributed by atoms with Crippen LogP contribution >= 0.6 is 0 Å². The minimum atomic E-state index is -0.107. The number of benzene rings is 1. The predicted molar refractivity (Wildman–Crippen MR) is 94.7 cm³/mol. The number of nitrogens with zero attached hydrogens (tertiary/aromatic N) is 4. The molecule has 0 unspecified atom stereocenters. The Bertz CT molecular complexity index is 924. The molecule has 0 radical (unpaired) electrons. The summed E-state index contributed by atoms with van der Waals surface area (Å²) in [5.41, 5.74) is 3.39. The molecule has 0 bridgehead atoms. The highest BCUT2D eigenvalue weighted by Gasteiger charge is 2.22. The summed E-state index contributed by atoms with van der Waals surface area (Å²) in [6, 6.07) is 5.43. The van der Waals surface area contributed by atoms with Gasteiger partial charge in [-0.3, -0.25) is 4.79 Å². The number of aryl methyl sites for hydroxylation is 1. The molecule has 26 heavy (non-hydrogen) atoms. The first kappa shape index (κ1) is 16.8. The predicted octanol–water partition coefficient (Wildman–Crippen LogP) is 3.84. The molecule has 1 aliphatic carbocycles. The summed E-state index contributed by atoms with van der Waals surface area (Å²) in [7, 11) is 1.73. The van der Waals surface area contributed by atoms with Gasteiger partial charge in [-0.25, -0.2) is 9.61 Å². The van der Waals surface area contributed by atoms with Gasteiger partial charge >= 0.3 is 0 Å². The number of fused-ring (bicyclic) bond motifs is 1. The number of amides is 1. The second-order valence-electron chi connectivity index (χ2n) is 7.03. The lowest BCUT2D eigenvalue weighted by Crippen LogP contribution is -2.26. The van der Waals surface area contributed by atoms with E-state index in [1.54, 1.807) is 31.0 Å². The number of carbonyl (C=O) groups is 1. The Labute approximate surface area is 151 Å². The molecule has 2 heterocycles. The van der Waals surface area contributed by atoms with Gasteiger partial charge in [-0.1, -0.05) is 29.6 Å².